The van der Waals surface area contributed by atoms with Gasteiger partial charge in [0.15, 0.2) is 0 Å². The highest BCUT2D eigenvalue weighted by atomic mass is 31.2. The Labute approximate surface area is 448 Å². The van der Waals surface area contributed by atoms with Gasteiger partial charge in [-0.15, -0.1) is 0 Å². The standard InChI is InChI=1S/C64H106NO7P/c1-6-8-10-12-14-16-18-20-22-24-26-28-30-32-34-36-38-40-42-44-46-48-50-52-54-56-59-69-61-63(62-71-73(67,68)70-60-58-65(3,4)5)72-64(66)57-55-53-51-49-47-45-43-41-39-37-35-33-31-29-27-25-23-21-19-17-15-13-11-9-7-2/h8-11,14-17,20-23,26-29,32-35,39,41,45,47,63H,6-7,12-13,18-19,24-25,30-31,36-38,40,42-44,46,48-62H2,1-5H3/p+1/b10-8-,11-9-,16-14-,17-15-,22-20-,23-21-,28-26-,29-27-,34-32-,35-33-,41-39-,47-45-. The van der Waals surface area contributed by atoms with Crippen LogP contribution in [-0.4, -0.2) is 75.6 Å². The van der Waals surface area contributed by atoms with Crippen LogP contribution in [0.4, 0.5) is 0 Å². The quantitative estimate of drug-likeness (QED) is 0.0213. The fraction of sp³-hybridized carbons (Fsp3) is 0.609. The molecular weight excluding hydrogens is 926 g/mol. The summed E-state index contributed by atoms with van der Waals surface area (Å²) in [6.45, 7) is 5.31. The molecule has 0 spiro atoms. The number of allylic oxidation sites excluding steroid dienone is 24. The van der Waals surface area contributed by atoms with Gasteiger partial charge in [0.1, 0.15) is 19.3 Å². The molecule has 0 aromatic carbocycles. The Hall–Kier alpha value is -3.62. The van der Waals surface area contributed by atoms with Crippen LogP contribution in [0.2, 0.25) is 0 Å². The highest BCUT2D eigenvalue weighted by Crippen LogP contribution is 2.43. The molecule has 0 aromatic heterocycles. The molecule has 0 radical (unpaired) electrons. The summed E-state index contributed by atoms with van der Waals surface area (Å²) in [4.78, 5) is 23.1. The zero-order chi connectivity index (χ0) is 53.3. The van der Waals surface area contributed by atoms with Crippen LogP contribution < -0.4 is 0 Å². The third kappa shape index (κ3) is 59.1. The van der Waals surface area contributed by atoms with E-state index in [9.17, 15) is 14.3 Å². The molecule has 0 saturated carbocycles. The summed E-state index contributed by atoms with van der Waals surface area (Å²) in [5, 5.41) is 0. The maximum atomic E-state index is 12.8. The predicted molar refractivity (Wildman–Crippen MR) is 316 cm³/mol. The Balaban J connectivity index is 4.22. The van der Waals surface area contributed by atoms with Crippen LogP contribution in [0.25, 0.3) is 0 Å². The van der Waals surface area contributed by atoms with Gasteiger partial charge in [-0.2, -0.15) is 0 Å². The maximum absolute atomic E-state index is 12.8. The first-order valence-electron chi connectivity index (χ1n) is 28.6. The number of rotatable bonds is 51. The zero-order valence-corrected chi connectivity index (χ0v) is 48.0. The SMILES string of the molecule is CC/C=C\C/C=C\C/C=C\C/C=C\C/C=C\C/C=C\C/C=C\CCCCCC(=O)OC(COCCCCCCCCCCCC/C=C\C/C=C\C/C=C\C/C=C\C/C=C\CC)COP(=O)(O)OCC[N+](C)(C)C. The minimum absolute atomic E-state index is 0.0718. The molecule has 0 bridgehead atoms. The van der Waals surface area contributed by atoms with E-state index in [0.717, 1.165) is 109 Å². The van der Waals surface area contributed by atoms with E-state index < -0.39 is 13.9 Å². The molecular formula is C64H107NO7P+. The highest BCUT2D eigenvalue weighted by Gasteiger charge is 2.26. The van der Waals surface area contributed by atoms with E-state index in [2.05, 4.69) is 160 Å². The van der Waals surface area contributed by atoms with Gasteiger partial charge in [-0.1, -0.05) is 217 Å². The number of carbonyl (C=O) groups excluding carboxylic acids is 1. The summed E-state index contributed by atoms with van der Waals surface area (Å²) in [5.41, 5.74) is 0. The smallest absolute Gasteiger partial charge is 0.457 e. The first-order chi connectivity index (χ1) is 35.6. The molecule has 8 nitrogen and oxygen atoms in total. The molecule has 1 N–H and O–H groups in total. The average Bonchev–Trinajstić information content (AvgIpc) is 3.35. The van der Waals surface area contributed by atoms with Gasteiger partial charge in [0.25, 0.3) is 0 Å². The molecule has 0 heterocycles. The van der Waals surface area contributed by atoms with Crippen LogP contribution in [0.3, 0.4) is 0 Å². The van der Waals surface area contributed by atoms with Crippen LogP contribution in [0.5, 0.6) is 0 Å². The zero-order valence-electron chi connectivity index (χ0n) is 47.1. The number of hydrogen-bond donors (Lipinski definition) is 1. The van der Waals surface area contributed by atoms with Crippen molar-refractivity contribution >= 4 is 13.8 Å². The minimum Gasteiger partial charge on any atom is -0.457 e. The van der Waals surface area contributed by atoms with E-state index in [1.807, 2.05) is 21.1 Å². The van der Waals surface area contributed by atoms with Crippen molar-refractivity contribution in [1.82, 2.24) is 0 Å². The van der Waals surface area contributed by atoms with Gasteiger partial charge in [-0.25, -0.2) is 4.57 Å². The summed E-state index contributed by atoms with van der Waals surface area (Å²) in [7, 11) is 1.62. The Morgan fingerprint density at radius 2 is 0.753 bits per heavy atom. The molecule has 0 fully saturated rings. The summed E-state index contributed by atoms with van der Waals surface area (Å²) in [6, 6.07) is 0. The summed E-state index contributed by atoms with van der Waals surface area (Å²) in [5.74, 6) is -0.352. The van der Waals surface area contributed by atoms with Gasteiger partial charge in [0.2, 0.25) is 0 Å². The number of carbonyl (C=O) groups is 1. The van der Waals surface area contributed by atoms with E-state index in [0.29, 0.717) is 24.1 Å². The number of esters is 1. The predicted octanol–water partition coefficient (Wildman–Crippen LogP) is 18.4. The fourth-order valence-electron chi connectivity index (χ4n) is 7.09. The van der Waals surface area contributed by atoms with Gasteiger partial charge >= 0.3 is 13.8 Å². The topological polar surface area (TPSA) is 91.3 Å². The Bertz CT molecular complexity index is 1670. The monoisotopic (exact) mass is 1030 g/mol. The lowest BCUT2D eigenvalue weighted by molar-refractivity contribution is -0.870. The number of likely N-dealkylation sites (N-methyl/N-ethyl adjacent to an activating group) is 1. The first kappa shape index (κ1) is 69.4. The van der Waals surface area contributed by atoms with Gasteiger partial charge < -0.3 is 18.9 Å². The van der Waals surface area contributed by atoms with Crippen LogP contribution >= 0.6 is 7.82 Å². The normalized spacial score (nSPS) is 14.5. The summed E-state index contributed by atoms with van der Waals surface area (Å²) in [6.07, 6.45) is 81.9. The number of quaternary nitrogens is 1. The van der Waals surface area contributed by atoms with Crippen molar-refractivity contribution in [3.05, 3.63) is 146 Å². The lowest BCUT2D eigenvalue weighted by Crippen LogP contribution is -2.37. The van der Waals surface area contributed by atoms with Crippen molar-refractivity contribution in [2.75, 3.05) is 54.1 Å². The van der Waals surface area contributed by atoms with Crippen molar-refractivity contribution in [3.63, 3.8) is 0 Å². The Morgan fingerprint density at radius 1 is 0.425 bits per heavy atom. The van der Waals surface area contributed by atoms with Crippen molar-refractivity contribution in [2.45, 2.75) is 200 Å². The Morgan fingerprint density at radius 3 is 1.12 bits per heavy atom. The van der Waals surface area contributed by atoms with Gasteiger partial charge in [-0.05, 0) is 116 Å². The molecule has 0 aromatic rings. The summed E-state index contributed by atoms with van der Waals surface area (Å²) < 4.78 is 35.2. The van der Waals surface area contributed by atoms with Gasteiger partial charge in [-0.3, -0.25) is 13.8 Å². The van der Waals surface area contributed by atoms with Crippen LogP contribution in [-0.2, 0) is 27.9 Å². The molecule has 0 rings (SSSR count). The second kappa shape index (κ2) is 54.6. The van der Waals surface area contributed by atoms with Crippen LogP contribution in [0.1, 0.15) is 194 Å². The molecule has 73 heavy (non-hydrogen) atoms. The summed E-state index contributed by atoms with van der Waals surface area (Å²) >= 11 is 0. The van der Waals surface area contributed by atoms with Crippen molar-refractivity contribution < 1.29 is 37.3 Å². The molecule has 2 atom stereocenters. The molecule has 0 aliphatic rings. The third-order valence-electron chi connectivity index (χ3n) is 11.4. The maximum Gasteiger partial charge on any atom is 0.472 e. The number of unbranched alkanes of at least 4 members (excludes halogenated alkanes) is 13. The Kier molecular flexibility index (Phi) is 51.9. The van der Waals surface area contributed by atoms with Crippen molar-refractivity contribution in [3.8, 4) is 0 Å². The van der Waals surface area contributed by atoms with E-state index in [-0.39, 0.29) is 32.2 Å². The second-order valence-electron chi connectivity index (χ2n) is 19.6. The van der Waals surface area contributed by atoms with Gasteiger partial charge in [0.05, 0.1) is 34.4 Å². The molecule has 414 valence electrons. The largest absolute Gasteiger partial charge is 0.472 e. The van der Waals surface area contributed by atoms with E-state index >= 15 is 0 Å². The van der Waals surface area contributed by atoms with E-state index in [1.54, 1.807) is 0 Å². The fourth-order valence-corrected chi connectivity index (χ4v) is 7.83. The molecule has 0 amide bonds. The van der Waals surface area contributed by atoms with Crippen molar-refractivity contribution in [2.24, 2.45) is 0 Å². The second-order valence-corrected chi connectivity index (χ2v) is 21.0. The average molecular weight is 1030 g/mol. The molecule has 2 unspecified atom stereocenters. The number of phosphoric acid groups is 1. The third-order valence-corrected chi connectivity index (χ3v) is 12.4. The molecule has 0 aliphatic carbocycles. The van der Waals surface area contributed by atoms with Crippen LogP contribution in [0, 0.1) is 0 Å². The molecule has 9 heteroatoms. The number of phosphoric ester groups is 1. The lowest BCUT2D eigenvalue weighted by Gasteiger charge is -2.24. The minimum atomic E-state index is -4.31. The highest BCUT2D eigenvalue weighted by molar-refractivity contribution is 7.47. The lowest BCUT2D eigenvalue weighted by atomic mass is 10.1. The number of ether oxygens (including phenoxy) is 2. The number of hydrogen-bond acceptors (Lipinski definition) is 6. The number of nitrogens with zero attached hydrogens (tertiary/aromatic N) is 1. The first-order valence-corrected chi connectivity index (χ1v) is 30.1. The van der Waals surface area contributed by atoms with Crippen LogP contribution in [0.15, 0.2) is 146 Å². The molecule has 0 aliphatic heterocycles. The molecule has 0 saturated heterocycles. The van der Waals surface area contributed by atoms with E-state index in [1.165, 1.54) is 57.8 Å². The van der Waals surface area contributed by atoms with Gasteiger partial charge in [0, 0.05) is 13.0 Å². The van der Waals surface area contributed by atoms with E-state index in [4.69, 9.17) is 18.5 Å². The van der Waals surface area contributed by atoms with Crippen molar-refractivity contribution in [1.29, 1.82) is 0 Å².